The van der Waals surface area contributed by atoms with Crippen molar-refractivity contribution in [1.29, 1.82) is 0 Å². The summed E-state index contributed by atoms with van der Waals surface area (Å²) in [5, 5.41) is 13.9. The molecule has 2 N–H and O–H groups in total. The number of aliphatic hydroxyl groups is 1. The van der Waals surface area contributed by atoms with Crippen molar-refractivity contribution < 1.29 is 19.3 Å². The molecule has 4 aromatic rings. The van der Waals surface area contributed by atoms with Crippen LogP contribution >= 0.6 is 0 Å². The lowest BCUT2D eigenvalue weighted by atomic mass is 10.1. The largest absolute Gasteiger partial charge is 0.494 e. The number of nitrogens with zero attached hydrogens (tertiary/aromatic N) is 2. The molecule has 36 heavy (non-hydrogen) atoms. The summed E-state index contributed by atoms with van der Waals surface area (Å²) in [6, 6.07) is 20.4. The minimum Gasteiger partial charge on any atom is -0.494 e. The molecule has 0 fully saturated rings. The van der Waals surface area contributed by atoms with Crippen LogP contribution in [0.1, 0.15) is 5.56 Å². The lowest BCUT2D eigenvalue weighted by Gasteiger charge is -2.15. The summed E-state index contributed by atoms with van der Waals surface area (Å²) in [4.78, 5) is 17.5. The second-order valence-corrected chi connectivity index (χ2v) is 8.46. The number of aliphatic hydroxyl groups excluding tert-OH is 1. The standard InChI is InChI=1S/C28H31N3O5/c1-19-7-4-5-9-24(19)35-16-15-29-17-21(32)18-36-22-13-11-20(12-14-22)27-30-26-23(28(33)31(27)2)8-6-10-25(26)34-3/h4-14,21,29,32H,15-18H2,1-3H3. The highest BCUT2D eigenvalue weighted by molar-refractivity contribution is 5.85. The van der Waals surface area contributed by atoms with E-state index in [1.807, 2.05) is 43.3 Å². The van der Waals surface area contributed by atoms with Crippen LogP contribution in [0.5, 0.6) is 17.2 Å². The first kappa shape index (κ1) is 25.2. The van der Waals surface area contributed by atoms with Crippen LogP contribution in [0.25, 0.3) is 22.3 Å². The first-order chi connectivity index (χ1) is 17.5. The number of benzene rings is 3. The van der Waals surface area contributed by atoms with E-state index < -0.39 is 6.10 Å². The number of aryl methyl sites for hydroxylation is 1. The molecule has 0 amide bonds. The average molecular weight is 490 g/mol. The molecule has 0 aliphatic heterocycles. The van der Waals surface area contributed by atoms with Crippen LogP contribution in [-0.4, -0.2) is 54.2 Å². The number of hydrogen-bond acceptors (Lipinski definition) is 7. The Morgan fingerprint density at radius 3 is 2.50 bits per heavy atom. The zero-order valence-corrected chi connectivity index (χ0v) is 20.7. The summed E-state index contributed by atoms with van der Waals surface area (Å²) in [5.74, 6) is 2.56. The van der Waals surface area contributed by atoms with Crippen molar-refractivity contribution in [2.45, 2.75) is 13.0 Å². The number of para-hydroxylation sites is 2. The normalized spacial score (nSPS) is 11.9. The molecule has 8 heteroatoms. The molecule has 188 valence electrons. The van der Waals surface area contributed by atoms with Crippen LogP contribution in [0.15, 0.2) is 71.5 Å². The van der Waals surface area contributed by atoms with Crippen LogP contribution in [0.4, 0.5) is 0 Å². The van der Waals surface area contributed by atoms with E-state index in [2.05, 4.69) is 5.32 Å². The van der Waals surface area contributed by atoms with Crippen LogP contribution in [0.3, 0.4) is 0 Å². The van der Waals surface area contributed by atoms with Gasteiger partial charge in [-0.15, -0.1) is 0 Å². The fourth-order valence-electron chi connectivity index (χ4n) is 3.86. The van der Waals surface area contributed by atoms with Gasteiger partial charge in [0.2, 0.25) is 0 Å². The minimum absolute atomic E-state index is 0.144. The Morgan fingerprint density at radius 2 is 1.75 bits per heavy atom. The Labute approximate surface area is 210 Å². The summed E-state index contributed by atoms with van der Waals surface area (Å²) < 4.78 is 18.4. The molecule has 4 rings (SSSR count). The van der Waals surface area contributed by atoms with Crippen molar-refractivity contribution in [1.82, 2.24) is 14.9 Å². The summed E-state index contributed by atoms with van der Waals surface area (Å²) in [5.41, 5.74) is 2.24. The summed E-state index contributed by atoms with van der Waals surface area (Å²) in [6.07, 6.45) is -0.668. The molecule has 1 atom stereocenters. The van der Waals surface area contributed by atoms with E-state index in [0.717, 1.165) is 16.9 Å². The summed E-state index contributed by atoms with van der Waals surface area (Å²) in [7, 11) is 3.26. The highest BCUT2D eigenvalue weighted by Crippen LogP contribution is 2.26. The van der Waals surface area contributed by atoms with E-state index in [9.17, 15) is 9.90 Å². The summed E-state index contributed by atoms with van der Waals surface area (Å²) >= 11 is 0. The molecule has 1 unspecified atom stereocenters. The Balaban J connectivity index is 1.30. The van der Waals surface area contributed by atoms with Gasteiger partial charge in [-0.05, 0) is 55.0 Å². The zero-order valence-electron chi connectivity index (χ0n) is 20.7. The van der Waals surface area contributed by atoms with Gasteiger partial charge in [-0.2, -0.15) is 0 Å². The van der Waals surface area contributed by atoms with E-state index in [0.29, 0.717) is 47.9 Å². The SMILES string of the molecule is COc1cccc2c(=O)n(C)c(-c3ccc(OCC(O)CNCCOc4ccccc4C)cc3)nc12. The Kier molecular flexibility index (Phi) is 8.20. The molecule has 8 nitrogen and oxygen atoms in total. The molecule has 1 heterocycles. The van der Waals surface area contributed by atoms with Crippen LogP contribution in [-0.2, 0) is 7.05 Å². The monoisotopic (exact) mass is 489 g/mol. The first-order valence-electron chi connectivity index (χ1n) is 11.8. The van der Waals surface area contributed by atoms with Gasteiger partial charge in [0, 0.05) is 25.7 Å². The lowest BCUT2D eigenvalue weighted by molar-refractivity contribution is 0.105. The molecule has 3 aromatic carbocycles. The molecular formula is C28H31N3O5. The van der Waals surface area contributed by atoms with Gasteiger partial charge in [0.15, 0.2) is 0 Å². The average Bonchev–Trinajstić information content (AvgIpc) is 2.90. The van der Waals surface area contributed by atoms with Crippen molar-refractivity contribution in [2.75, 3.05) is 33.4 Å². The predicted octanol–water partition coefficient (Wildman–Crippen LogP) is 3.33. The van der Waals surface area contributed by atoms with Gasteiger partial charge in [0.05, 0.1) is 12.5 Å². The van der Waals surface area contributed by atoms with Crippen LogP contribution in [0, 0.1) is 6.92 Å². The number of methoxy groups -OCH3 is 1. The third-order valence-electron chi connectivity index (χ3n) is 5.85. The van der Waals surface area contributed by atoms with Gasteiger partial charge >= 0.3 is 0 Å². The van der Waals surface area contributed by atoms with Gasteiger partial charge < -0.3 is 24.6 Å². The molecule has 1 aromatic heterocycles. The van der Waals surface area contributed by atoms with E-state index in [4.69, 9.17) is 19.2 Å². The summed E-state index contributed by atoms with van der Waals surface area (Å²) in [6.45, 7) is 3.67. The van der Waals surface area contributed by atoms with Gasteiger partial charge in [-0.3, -0.25) is 9.36 Å². The maximum Gasteiger partial charge on any atom is 0.261 e. The molecule has 0 spiro atoms. The number of aromatic nitrogens is 2. The van der Waals surface area contributed by atoms with Gasteiger partial charge in [-0.1, -0.05) is 24.3 Å². The smallest absolute Gasteiger partial charge is 0.261 e. The fraction of sp³-hybridized carbons (Fsp3) is 0.286. The third kappa shape index (κ3) is 5.84. The van der Waals surface area contributed by atoms with Crippen molar-refractivity contribution in [3.05, 3.63) is 82.6 Å². The van der Waals surface area contributed by atoms with Gasteiger partial charge in [-0.25, -0.2) is 4.98 Å². The number of ether oxygens (including phenoxy) is 3. The molecule has 0 saturated carbocycles. The second kappa shape index (κ2) is 11.7. The molecule has 0 aliphatic carbocycles. The molecule has 0 saturated heterocycles. The Morgan fingerprint density at radius 1 is 1.00 bits per heavy atom. The number of fused-ring (bicyclic) bond motifs is 1. The number of nitrogens with one attached hydrogen (secondary N) is 1. The topological polar surface area (TPSA) is 94.8 Å². The zero-order chi connectivity index (χ0) is 25.5. The number of hydrogen-bond donors (Lipinski definition) is 2. The minimum atomic E-state index is -0.668. The highest BCUT2D eigenvalue weighted by atomic mass is 16.5. The van der Waals surface area contributed by atoms with Crippen LogP contribution < -0.4 is 25.1 Å². The predicted molar refractivity (Wildman–Crippen MR) is 140 cm³/mol. The van der Waals surface area contributed by atoms with E-state index in [1.165, 1.54) is 4.57 Å². The van der Waals surface area contributed by atoms with Crippen molar-refractivity contribution in [3.8, 4) is 28.6 Å². The number of rotatable bonds is 11. The Bertz CT molecular complexity index is 1370. The maximum absolute atomic E-state index is 12.9. The van der Waals surface area contributed by atoms with Gasteiger partial charge in [0.25, 0.3) is 5.56 Å². The van der Waals surface area contributed by atoms with Crippen molar-refractivity contribution >= 4 is 10.9 Å². The highest BCUT2D eigenvalue weighted by Gasteiger charge is 2.13. The molecule has 0 radical (unpaired) electrons. The Hall–Kier alpha value is -3.88. The fourth-order valence-corrected chi connectivity index (χ4v) is 3.86. The van der Waals surface area contributed by atoms with Crippen molar-refractivity contribution in [3.63, 3.8) is 0 Å². The molecule has 0 aliphatic rings. The van der Waals surface area contributed by atoms with Crippen molar-refractivity contribution in [2.24, 2.45) is 7.05 Å². The molecule has 0 bridgehead atoms. The van der Waals surface area contributed by atoms with E-state index in [-0.39, 0.29) is 12.2 Å². The van der Waals surface area contributed by atoms with Crippen LogP contribution in [0.2, 0.25) is 0 Å². The van der Waals surface area contributed by atoms with Gasteiger partial charge in [0.1, 0.15) is 47.9 Å². The maximum atomic E-state index is 12.9. The quantitative estimate of drug-likeness (QED) is 0.312. The third-order valence-corrected chi connectivity index (χ3v) is 5.85. The van der Waals surface area contributed by atoms with E-state index in [1.54, 1.807) is 44.5 Å². The first-order valence-corrected chi connectivity index (χ1v) is 11.8. The van der Waals surface area contributed by atoms with E-state index >= 15 is 0 Å². The molecular weight excluding hydrogens is 458 g/mol. The second-order valence-electron chi connectivity index (χ2n) is 8.46. The lowest BCUT2D eigenvalue weighted by Crippen LogP contribution is -2.33.